The molecule has 3 aromatic rings. The summed E-state index contributed by atoms with van der Waals surface area (Å²) in [6.45, 7) is 6.34. The molecule has 3 rings (SSSR count). The lowest BCUT2D eigenvalue weighted by Gasteiger charge is -2.25. The third-order valence-electron chi connectivity index (χ3n) is 5.18. The Bertz CT molecular complexity index is 814. The molecule has 0 saturated carbocycles. The van der Waals surface area contributed by atoms with Crippen molar-refractivity contribution in [2.75, 3.05) is 23.3 Å². The average molecular weight is 375 g/mol. The molecule has 0 aliphatic heterocycles. The van der Waals surface area contributed by atoms with E-state index in [1.807, 2.05) is 48.5 Å². The van der Waals surface area contributed by atoms with Crippen LogP contribution >= 0.6 is 0 Å². The number of anilines is 2. The molecule has 2 unspecified atom stereocenters. The molecule has 0 spiro atoms. The van der Waals surface area contributed by atoms with Gasteiger partial charge < -0.3 is 15.3 Å². The van der Waals surface area contributed by atoms with Crippen LogP contribution in [-0.4, -0.2) is 18.2 Å². The van der Waals surface area contributed by atoms with Gasteiger partial charge in [0.25, 0.3) is 0 Å². The van der Waals surface area contributed by atoms with Crippen LogP contribution in [0.2, 0.25) is 0 Å². The van der Waals surface area contributed by atoms with Crippen molar-refractivity contribution in [1.29, 1.82) is 0 Å². The first-order valence-electron chi connectivity index (χ1n) is 10.1. The minimum Gasteiger partial charge on any atom is -0.388 e. The number of aliphatic hydroxyl groups excluding tert-OH is 1. The Labute approximate surface area is 168 Å². The molecule has 0 fully saturated rings. The van der Waals surface area contributed by atoms with Crippen molar-refractivity contribution in [2.24, 2.45) is 0 Å². The minimum atomic E-state index is -0.520. The lowest BCUT2D eigenvalue weighted by molar-refractivity contribution is 0.160. The maximum Gasteiger partial charge on any atom is 0.0812 e. The summed E-state index contributed by atoms with van der Waals surface area (Å²) in [6.07, 6.45) is 0.0834. The first-order chi connectivity index (χ1) is 13.7. The molecule has 0 amide bonds. The van der Waals surface area contributed by atoms with Gasteiger partial charge in [0, 0.05) is 30.9 Å². The van der Waals surface area contributed by atoms with E-state index in [9.17, 15) is 5.11 Å². The highest BCUT2D eigenvalue weighted by atomic mass is 16.3. The fourth-order valence-electron chi connectivity index (χ4n) is 3.56. The first kappa shape index (κ1) is 20.0. The predicted octanol–water partition coefficient (Wildman–Crippen LogP) is 5.81. The molecular formula is C25H30N2O. The Kier molecular flexibility index (Phi) is 7.10. The Balaban J connectivity index is 1.78. The number of nitrogens with zero attached hydrogens (tertiary/aromatic N) is 1. The Morgan fingerprint density at radius 3 is 1.82 bits per heavy atom. The van der Waals surface area contributed by atoms with E-state index in [0.29, 0.717) is 6.42 Å². The van der Waals surface area contributed by atoms with Crippen LogP contribution in [0.3, 0.4) is 0 Å². The monoisotopic (exact) mass is 374 g/mol. The van der Waals surface area contributed by atoms with Gasteiger partial charge in [-0.3, -0.25) is 0 Å². The predicted molar refractivity (Wildman–Crippen MR) is 119 cm³/mol. The molecule has 2 N–H and O–H groups in total. The van der Waals surface area contributed by atoms with Crippen LogP contribution in [0, 0.1) is 0 Å². The highest BCUT2D eigenvalue weighted by molar-refractivity contribution is 5.56. The molecule has 0 bridgehead atoms. The molecule has 2 atom stereocenters. The number of rotatable bonds is 9. The zero-order chi connectivity index (χ0) is 19.8. The quantitative estimate of drug-likeness (QED) is 0.496. The summed E-state index contributed by atoms with van der Waals surface area (Å²) in [5.74, 6) is 0. The largest absolute Gasteiger partial charge is 0.388 e. The van der Waals surface area contributed by atoms with Crippen molar-refractivity contribution in [3.8, 4) is 0 Å². The highest BCUT2D eigenvalue weighted by Gasteiger charge is 2.18. The van der Waals surface area contributed by atoms with E-state index < -0.39 is 6.10 Å². The van der Waals surface area contributed by atoms with Crippen LogP contribution in [0.1, 0.15) is 43.5 Å². The van der Waals surface area contributed by atoms with E-state index in [4.69, 9.17) is 0 Å². The summed E-state index contributed by atoms with van der Waals surface area (Å²) in [5.41, 5.74) is 4.41. The van der Waals surface area contributed by atoms with Crippen LogP contribution < -0.4 is 10.2 Å². The summed E-state index contributed by atoms with van der Waals surface area (Å²) >= 11 is 0. The maximum absolute atomic E-state index is 10.8. The van der Waals surface area contributed by atoms with Crippen LogP contribution in [0.4, 0.5) is 11.4 Å². The molecule has 0 aliphatic carbocycles. The fraction of sp³-hybridized carbons (Fsp3) is 0.280. The van der Waals surface area contributed by atoms with E-state index in [1.165, 1.54) is 11.3 Å². The van der Waals surface area contributed by atoms with Crippen molar-refractivity contribution in [3.63, 3.8) is 0 Å². The molecule has 3 nitrogen and oxygen atoms in total. The number of aliphatic hydroxyl groups is 1. The Morgan fingerprint density at radius 1 is 0.750 bits per heavy atom. The molecule has 0 heterocycles. The van der Waals surface area contributed by atoms with Crippen LogP contribution in [0.25, 0.3) is 0 Å². The average Bonchev–Trinajstić information content (AvgIpc) is 2.76. The summed E-state index contributed by atoms with van der Waals surface area (Å²) < 4.78 is 0. The van der Waals surface area contributed by atoms with E-state index in [1.54, 1.807) is 0 Å². The SMILES string of the molecule is CCN(CC)c1ccc(NC(CC(O)c2ccccc2)c2ccccc2)cc1. The molecule has 0 radical (unpaired) electrons. The zero-order valence-electron chi connectivity index (χ0n) is 16.8. The highest BCUT2D eigenvalue weighted by Crippen LogP contribution is 2.30. The van der Waals surface area contributed by atoms with Crippen molar-refractivity contribution >= 4 is 11.4 Å². The lowest BCUT2D eigenvalue weighted by atomic mass is 9.96. The normalized spacial score (nSPS) is 13.0. The smallest absolute Gasteiger partial charge is 0.0812 e. The number of hydrogen-bond donors (Lipinski definition) is 2. The van der Waals surface area contributed by atoms with Gasteiger partial charge in [-0.05, 0) is 49.2 Å². The van der Waals surface area contributed by atoms with Gasteiger partial charge in [-0.25, -0.2) is 0 Å². The van der Waals surface area contributed by atoms with Crippen molar-refractivity contribution in [1.82, 2.24) is 0 Å². The van der Waals surface area contributed by atoms with E-state index in [2.05, 4.69) is 60.5 Å². The maximum atomic E-state index is 10.8. The summed E-state index contributed by atoms with van der Waals surface area (Å²) in [6, 6.07) is 28.8. The van der Waals surface area contributed by atoms with Crippen molar-refractivity contribution in [2.45, 2.75) is 32.4 Å². The summed E-state index contributed by atoms with van der Waals surface area (Å²) in [5, 5.41) is 14.4. The molecule has 3 heteroatoms. The van der Waals surface area contributed by atoms with Gasteiger partial charge in [0.1, 0.15) is 0 Å². The number of benzene rings is 3. The number of nitrogens with one attached hydrogen (secondary N) is 1. The van der Waals surface area contributed by atoms with Crippen molar-refractivity contribution in [3.05, 3.63) is 96.1 Å². The van der Waals surface area contributed by atoms with E-state index in [-0.39, 0.29) is 6.04 Å². The van der Waals surface area contributed by atoms with Crippen LogP contribution in [0.5, 0.6) is 0 Å². The Morgan fingerprint density at radius 2 is 1.29 bits per heavy atom. The van der Waals surface area contributed by atoms with Crippen molar-refractivity contribution < 1.29 is 5.11 Å². The molecule has 0 aliphatic rings. The minimum absolute atomic E-state index is 0.0238. The van der Waals surface area contributed by atoms with E-state index >= 15 is 0 Å². The second-order valence-corrected chi connectivity index (χ2v) is 6.99. The standard InChI is InChI=1S/C25H30N2O/c1-3-27(4-2)23-17-15-22(16-18-23)26-24(20-11-7-5-8-12-20)19-25(28)21-13-9-6-10-14-21/h5-18,24-26,28H,3-4,19H2,1-2H3. The topological polar surface area (TPSA) is 35.5 Å². The Hall–Kier alpha value is -2.78. The fourth-order valence-corrected chi connectivity index (χ4v) is 3.56. The van der Waals surface area contributed by atoms with Gasteiger partial charge in [0.05, 0.1) is 12.1 Å². The molecule has 0 aromatic heterocycles. The zero-order valence-corrected chi connectivity index (χ0v) is 16.8. The second kappa shape index (κ2) is 9.95. The van der Waals surface area contributed by atoms with Gasteiger partial charge in [0.2, 0.25) is 0 Å². The summed E-state index contributed by atoms with van der Waals surface area (Å²) in [4.78, 5) is 2.33. The van der Waals surface area contributed by atoms with Gasteiger partial charge in [0.15, 0.2) is 0 Å². The third-order valence-corrected chi connectivity index (χ3v) is 5.18. The number of hydrogen-bond acceptors (Lipinski definition) is 3. The summed E-state index contributed by atoms with van der Waals surface area (Å²) in [7, 11) is 0. The first-order valence-corrected chi connectivity index (χ1v) is 10.1. The lowest BCUT2D eigenvalue weighted by Crippen LogP contribution is -2.21. The molecule has 3 aromatic carbocycles. The molecule has 0 saturated heterocycles. The van der Waals surface area contributed by atoms with Gasteiger partial charge in [-0.15, -0.1) is 0 Å². The van der Waals surface area contributed by atoms with Gasteiger partial charge in [-0.1, -0.05) is 60.7 Å². The third kappa shape index (κ3) is 5.14. The molecular weight excluding hydrogens is 344 g/mol. The van der Waals surface area contributed by atoms with Gasteiger partial charge >= 0.3 is 0 Å². The van der Waals surface area contributed by atoms with Gasteiger partial charge in [-0.2, -0.15) is 0 Å². The molecule has 146 valence electrons. The van der Waals surface area contributed by atoms with Crippen LogP contribution in [0.15, 0.2) is 84.9 Å². The second-order valence-electron chi connectivity index (χ2n) is 6.99. The van der Waals surface area contributed by atoms with Crippen LogP contribution in [-0.2, 0) is 0 Å². The molecule has 28 heavy (non-hydrogen) atoms. The van der Waals surface area contributed by atoms with E-state index in [0.717, 1.165) is 24.3 Å².